The van der Waals surface area contributed by atoms with Crippen molar-refractivity contribution in [2.75, 3.05) is 18.0 Å². The van der Waals surface area contributed by atoms with Crippen LogP contribution in [-0.4, -0.2) is 36.0 Å². The maximum absolute atomic E-state index is 12.7. The third-order valence-electron chi connectivity index (χ3n) is 5.62. The summed E-state index contributed by atoms with van der Waals surface area (Å²) >= 11 is 0. The van der Waals surface area contributed by atoms with Gasteiger partial charge in [-0.3, -0.25) is 4.79 Å². The quantitative estimate of drug-likeness (QED) is 0.702. The summed E-state index contributed by atoms with van der Waals surface area (Å²) in [5.74, 6) is 0.316. The zero-order chi connectivity index (χ0) is 20.6. The summed E-state index contributed by atoms with van der Waals surface area (Å²) in [6.07, 6.45) is 2.08. The van der Waals surface area contributed by atoms with Crippen LogP contribution in [0.2, 0.25) is 0 Å². The van der Waals surface area contributed by atoms with Gasteiger partial charge in [0.15, 0.2) is 0 Å². The van der Waals surface area contributed by atoms with E-state index in [1.165, 1.54) is 0 Å². The van der Waals surface area contributed by atoms with Crippen LogP contribution >= 0.6 is 0 Å². The third kappa shape index (κ3) is 5.37. The summed E-state index contributed by atoms with van der Waals surface area (Å²) in [6, 6.07) is 19.5. The Hall–Kier alpha value is -2.82. The number of amides is 2. The Balaban J connectivity index is 1.65. The molecular formula is C24H30N2O3. The van der Waals surface area contributed by atoms with Gasteiger partial charge in [0.05, 0.1) is 0 Å². The van der Waals surface area contributed by atoms with Crippen LogP contribution in [0.1, 0.15) is 38.7 Å². The number of nitrogens with zero attached hydrogens (tertiary/aromatic N) is 2. The maximum atomic E-state index is 12.7. The highest BCUT2D eigenvalue weighted by Gasteiger charge is 2.33. The van der Waals surface area contributed by atoms with Gasteiger partial charge >= 0.3 is 6.09 Å². The van der Waals surface area contributed by atoms with E-state index in [9.17, 15) is 9.59 Å². The summed E-state index contributed by atoms with van der Waals surface area (Å²) in [5.41, 5.74) is 1.89. The summed E-state index contributed by atoms with van der Waals surface area (Å²) in [6.45, 7) is 5.56. The van der Waals surface area contributed by atoms with Crippen LogP contribution in [0.5, 0.6) is 0 Å². The third-order valence-corrected chi connectivity index (χ3v) is 5.62. The Kier molecular flexibility index (Phi) is 7.28. The first-order chi connectivity index (χ1) is 14.1. The molecule has 154 valence electrons. The number of hydrogen-bond donors (Lipinski definition) is 0. The number of likely N-dealkylation sites (tertiary alicyclic amines) is 1. The van der Waals surface area contributed by atoms with Crippen LogP contribution in [0.25, 0.3) is 0 Å². The number of ether oxygens (including phenoxy) is 1. The van der Waals surface area contributed by atoms with Gasteiger partial charge in [0, 0.05) is 31.2 Å². The van der Waals surface area contributed by atoms with Gasteiger partial charge < -0.3 is 14.5 Å². The molecule has 0 unspecified atom stereocenters. The van der Waals surface area contributed by atoms with Crippen molar-refractivity contribution in [3.05, 3.63) is 66.2 Å². The van der Waals surface area contributed by atoms with Gasteiger partial charge in [-0.05, 0) is 43.4 Å². The lowest BCUT2D eigenvalue weighted by molar-refractivity contribution is -0.119. The molecule has 2 atom stereocenters. The van der Waals surface area contributed by atoms with Gasteiger partial charge in [-0.15, -0.1) is 0 Å². The molecule has 0 aromatic heterocycles. The molecular weight excluding hydrogens is 364 g/mol. The fraction of sp³-hybridized carbons (Fsp3) is 0.417. The minimum atomic E-state index is -0.279. The molecule has 0 radical (unpaired) electrons. The smallest absolute Gasteiger partial charge is 0.410 e. The van der Waals surface area contributed by atoms with Crippen LogP contribution in [0.3, 0.4) is 0 Å². The van der Waals surface area contributed by atoms with Crippen molar-refractivity contribution in [2.24, 2.45) is 5.92 Å². The molecule has 1 fully saturated rings. The Bertz CT molecular complexity index is 794. The van der Waals surface area contributed by atoms with Crippen LogP contribution < -0.4 is 4.90 Å². The van der Waals surface area contributed by atoms with Gasteiger partial charge in [-0.1, -0.05) is 55.5 Å². The molecule has 2 aromatic rings. The molecule has 1 aliphatic rings. The van der Waals surface area contributed by atoms with Crippen molar-refractivity contribution in [3.8, 4) is 0 Å². The molecule has 1 aliphatic heterocycles. The number of hydrogen-bond acceptors (Lipinski definition) is 3. The maximum Gasteiger partial charge on any atom is 0.410 e. The molecule has 5 nitrogen and oxygen atoms in total. The second kappa shape index (κ2) is 10.1. The average Bonchev–Trinajstić information content (AvgIpc) is 2.79. The van der Waals surface area contributed by atoms with Crippen molar-refractivity contribution in [1.82, 2.24) is 4.90 Å². The summed E-state index contributed by atoms with van der Waals surface area (Å²) < 4.78 is 5.52. The highest BCUT2D eigenvalue weighted by molar-refractivity contribution is 5.93. The van der Waals surface area contributed by atoms with E-state index in [1.807, 2.05) is 72.5 Å². The lowest BCUT2D eigenvalue weighted by Gasteiger charge is -2.40. The second-order valence-electron chi connectivity index (χ2n) is 7.58. The predicted molar refractivity (Wildman–Crippen MR) is 115 cm³/mol. The Morgan fingerprint density at radius 1 is 1.10 bits per heavy atom. The van der Waals surface area contributed by atoms with Crippen LogP contribution in [-0.2, 0) is 16.1 Å². The number of benzene rings is 2. The van der Waals surface area contributed by atoms with Gasteiger partial charge in [0.2, 0.25) is 5.91 Å². The van der Waals surface area contributed by atoms with Crippen molar-refractivity contribution < 1.29 is 14.3 Å². The van der Waals surface area contributed by atoms with E-state index in [0.717, 1.165) is 24.1 Å². The second-order valence-corrected chi connectivity index (χ2v) is 7.58. The lowest BCUT2D eigenvalue weighted by Crippen LogP contribution is -2.50. The Morgan fingerprint density at radius 3 is 2.41 bits per heavy atom. The van der Waals surface area contributed by atoms with E-state index in [1.54, 1.807) is 4.90 Å². The van der Waals surface area contributed by atoms with E-state index < -0.39 is 0 Å². The Morgan fingerprint density at radius 2 is 1.76 bits per heavy atom. The minimum absolute atomic E-state index is 0.00886. The molecule has 0 bridgehead atoms. The van der Waals surface area contributed by atoms with E-state index in [-0.39, 0.29) is 30.6 Å². The molecule has 0 saturated carbocycles. The summed E-state index contributed by atoms with van der Waals surface area (Å²) in [4.78, 5) is 29.0. The van der Waals surface area contributed by atoms with Crippen LogP contribution in [0.15, 0.2) is 60.7 Å². The molecule has 1 heterocycles. The van der Waals surface area contributed by atoms with Crippen molar-refractivity contribution in [2.45, 2.75) is 45.8 Å². The Labute approximate surface area is 173 Å². The van der Waals surface area contributed by atoms with Gasteiger partial charge in [-0.2, -0.15) is 0 Å². The number of para-hydroxylation sites is 1. The first-order valence-electron chi connectivity index (χ1n) is 10.4. The zero-order valence-electron chi connectivity index (χ0n) is 17.3. The lowest BCUT2D eigenvalue weighted by atomic mass is 9.90. The van der Waals surface area contributed by atoms with E-state index >= 15 is 0 Å². The topological polar surface area (TPSA) is 49.9 Å². The minimum Gasteiger partial charge on any atom is -0.445 e. The SMILES string of the molecule is CCC(=O)N(c1ccccc1)[C@H](C)[C@H]1CCCN(C(=O)OCc2ccccc2)C1. The molecule has 2 aromatic carbocycles. The number of piperidine rings is 1. The first-order valence-corrected chi connectivity index (χ1v) is 10.4. The van der Waals surface area contributed by atoms with E-state index in [4.69, 9.17) is 4.74 Å². The predicted octanol–water partition coefficient (Wildman–Crippen LogP) is 4.87. The molecule has 1 saturated heterocycles. The van der Waals surface area contributed by atoms with Gasteiger partial charge in [-0.25, -0.2) is 4.79 Å². The number of carbonyl (C=O) groups is 2. The standard InChI is InChI=1S/C24H30N2O3/c1-3-23(27)26(22-14-8-5-9-15-22)19(2)21-13-10-16-25(17-21)24(28)29-18-20-11-6-4-7-12-20/h4-9,11-12,14-15,19,21H,3,10,13,16-18H2,1-2H3/t19-,21+/m1/s1. The highest BCUT2D eigenvalue weighted by atomic mass is 16.6. The number of anilines is 1. The average molecular weight is 395 g/mol. The van der Waals surface area contributed by atoms with Crippen molar-refractivity contribution >= 4 is 17.7 Å². The molecule has 5 heteroatoms. The molecule has 0 aliphatic carbocycles. The summed E-state index contributed by atoms with van der Waals surface area (Å²) in [5, 5.41) is 0. The molecule has 0 N–H and O–H groups in total. The van der Waals surface area contributed by atoms with Crippen molar-refractivity contribution in [1.29, 1.82) is 0 Å². The van der Waals surface area contributed by atoms with E-state index in [2.05, 4.69) is 6.92 Å². The highest BCUT2D eigenvalue weighted by Crippen LogP contribution is 2.28. The van der Waals surface area contributed by atoms with Crippen LogP contribution in [0.4, 0.5) is 10.5 Å². The van der Waals surface area contributed by atoms with Crippen LogP contribution in [0, 0.1) is 5.92 Å². The summed E-state index contributed by atoms with van der Waals surface area (Å²) in [7, 11) is 0. The molecule has 3 rings (SSSR count). The molecule has 0 spiro atoms. The van der Waals surface area contributed by atoms with Crippen molar-refractivity contribution in [3.63, 3.8) is 0 Å². The molecule has 29 heavy (non-hydrogen) atoms. The van der Waals surface area contributed by atoms with E-state index in [0.29, 0.717) is 19.5 Å². The first kappa shape index (κ1) is 20.9. The number of rotatable bonds is 6. The largest absolute Gasteiger partial charge is 0.445 e. The number of carbonyl (C=O) groups excluding carboxylic acids is 2. The fourth-order valence-electron chi connectivity index (χ4n) is 3.96. The fourth-order valence-corrected chi connectivity index (χ4v) is 3.96. The van der Waals surface area contributed by atoms with Gasteiger partial charge in [0.1, 0.15) is 6.61 Å². The zero-order valence-corrected chi connectivity index (χ0v) is 17.3. The monoisotopic (exact) mass is 394 g/mol. The van der Waals surface area contributed by atoms with Gasteiger partial charge in [0.25, 0.3) is 0 Å². The normalized spacial score (nSPS) is 17.4. The molecule has 2 amide bonds.